The molecule has 0 spiro atoms. The summed E-state index contributed by atoms with van der Waals surface area (Å²) in [7, 11) is 0. The molecule has 0 bridgehead atoms. The summed E-state index contributed by atoms with van der Waals surface area (Å²) in [6, 6.07) is 1.87. The smallest absolute Gasteiger partial charge is 0.347 e. The van der Waals surface area contributed by atoms with Crippen LogP contribution < -0.4 is 0 Å². The molecular weight excluding hydrogens is 260 g/mol. The Morgan fingerprint density at radius 3 is 2.79 bits per heavy atom. The van der Waals surface area contributed by atoms with E-state index in [-0.39, 0.29) is 0 Å². The normalized spacial score (nSPS) is 10.9. The molecule has 0 saturated carbocycles. The zero-order valence-corrected chi connectivity index (χ0v) is 12.0. The van der Waals surface area contributed by atoms with E-state index in [2.05, 4.69) is 23.8 Å². The highest BCUT2D eigenvalue weighted by atomic mass is 32.1. The highest BCUT2D eigenvalue weighted by molar-refractivity contribution is 7.17. The van der Waals surface area contributed by atoms with Gasteiger partial charge in [-0.15, -0.1) is 11.3 Å². The third kappa shape index (κ3) is 2.98. The molecule has 0 aliphatic carbocycles. The lowest BCUT2D eigenvalue weighted by atomic mass is 10.1. The van der Waals surface area contributed by atoms with E-state index < -0.39 is 5.97 Å². The van der Waals surface area contributed by atoms with E-state index in [1.165, 1.54) is 11.3 Å². The van der Waals surface area contributed by atoms with Gasteiger partial charge in [-0.25, -0.2) is 9.78 Å². The number of carboxylic acid groups (broad SMARTS) is 1. The topological polar surface area (TPSA) is 63.1 Å². The van der Waals surface area contributed by atoms with Crippen molar-refractivity contribution in [3.05, 3.63) is 34.6 Å². The molecule has 4 nitrogen and oxygen atoms in total. The van der Waals surface area contributed by atoms with Crippen LogP contribution in [0.2, 0.25) is 0 Å². The molecule has 2 aromatic rings. The Morgan fingerprint density at radius 2 is 2.21 bits per heavy atom. The van der Waals surface area contributed by atoms with Crippen molar-refractivity contribution in [3.63, 3.8) is 0 Å². The monoisotopic (exact) mass is 276 g/mol. The lowest BCUT2D eigenvalue weighted by molar-refractivity contribution is 0.0700. The van der Waals surface area contributed by atoms with E-state index in [0.29, 0.717) is 22.9 Å². The molecule has 100 valence electrons. The molecule has 0 aromatic carbocycles. The van der Waals surface area contributed by atoms with E-state index in [1.54, 1.807) is 12.4 Å². The number of pyridine rings is 1. The van der Waals surface area contributed by atoms with Crippen molar-refractivity contribution in [2.45, 2.75) is 27.2 Å². The fourth-order valence-corrected chi connectivity index (χ4v) is 2.89. The first kappa shape index (κ1) is 13.7. The van der Waals surface area contributed by atoms with Crippen LogP contribution in [0.25, 0.3) is 10.6 Å². The number of aromatic nitrogens is 2. The Morgan fingerprint density at radius 1 is 1.47 bits per heavy atom. The Balaban J connectivity index is 2.49. The molecule has 0 radical (unpaired) electrons. The van der Waals surface area contributed by atoms with Crippen LogP contribution in [0.1, 0.15) is 34.8 Å². The molecule has 19 heavy (non-hydrogen) atoms. The molecule has 2 heterocycles. The molecule has 1 N–H and O–H groups in total. The van der Waals surface area contributed by atoms with Crippen molar-refractivity contribution < 1.29 is 9.90 Å². The lowest BCUT2D eigenvalue weighted by Gasteiger charge is -2.02. The minimum absolute atomic E-state index is 0.347. The number of rotatable bonds is 4. The third-order valence-corrected chi connectivity index (χ3v) is 3.86. The van der Waals surface area contributed by atoms with Crippen LogP contribution in [-0.2, 0) is 6.42 Å². The molecule has 0 amide bonds. The molecule has 2 aromatic heterocycles. The summed E-state index contributed by atoms with van der Waals surface area (Å²) >= 11 is 1.24. The van der Waals surface area contributed by atoms with Crippen LogP contribution in [0.15, 0.2) is 18.5 Å². The lowest BCUT2D eigenvalue weighted by Crippen LogP contribution is -2.02. The minimum atomic E-state index is -0.897. The number of hydrogen-bond donors (Lipinski definition) is 1. The van der Waals surface area contributed by atoms with E-state index in [4.69, 9.17) is 0 Å². The van der Waals surface area contributed by atoms with Gasteiger partial charge < -0.3 is 5.11 Å². The summed E-state index contributed by atoms with van der Waals surface area (Å²) in [5, 5.41) is 10.0. The first-order chi connectivity index (χ1) is 8.99. The maximum Gasteiger partial charge on any atom is 0.347 e. The van der Waals surface area contributed by atoms with Gasteiger partial charge >= 0.3 is 5.97 Å². The molecule has 0 aliphatic rings. The number of aromatic carboxylic acids is 1. The predicted octanol–water partition coefficient (Wildman–Crippen LogP) is 3.41. The Labute approximate surface area is 116 Å². The van der Waals surface area contributed by atoms with Gasteiger partial charge in [-0.2, -0.15) is 0 Å². The van der Waals surface area contributed by atoms with Gasteiger partial charge in [0, 0.05) is 18.0 Å². The van der Waals surface area contributed by atoms with Crippen LogP contribution in [0, 0.1) is 12.8 Å². The van der Waals surface area contributed by atoms with Crippen molar-refractivity contribution in [1.82, 2.24) is 9.97 Å². The van der Waals surface area contributed by atoms with Crippen molar-refractivity contribution >= 4 is 17.3 Å². The summed E-state index contributed by atoms with van der Waals surface area (Å²) < 4.78 is 0. The first-order valence-corrected chi connectivity index (χ1v) is 6.94. The predicted molar refractivity (Wildman–Crippen MR) is 75.6 cm³/mol. The van der Waals surface area contributed by atoms with Crippen molar-refractivity contribution in [3.8, 4) is 10.6 Å². The molecule has 0 atom stereocenters. The van der Waals surface area contributed by atoms with E-state index >= 15 is 0 Å². The summed E-state index contributed by atoms with van der Waals surface area (Å²) in [5.74, 6) is -0.516. The Bertz CT molecular complexity index is 605. The highest BCUT2D eigenvalue weighted by Gasteiger charge is 2.19. The quantitative estimate of drug-likeness (QED) is 0.929. The second-order valence-corrected chi connectivity index (χ2v) is 5.89. The molecule has 2 rings (SSSR count). The SMILES string of the molecule is Cc1cnccc1-c1nc(CC(C)C)c(C(=O)O)s1. The van der Waals surface area contributed by atoms with Crippen LogP contribution in [-0.4, -0.2) is 21.0 Å². The molecule has 0 fully saturated rings. The first-order valence-electron chi connectivity index (χ1n) is 6.13. The highest BCUT2D eigenvalue weighted by Crippen LogP contribution is 2.31. The second-order valence-electron chi connectivity index (χ2n) is 4.89. The summed E-state index contributed by atoms with van der Waals surface area (Å²) in [4.78, 5) is 20.2. The minimum Gasteiger partial charge on any atom is -0.477 e. The van der Waals surface area contributed by atoms with Crippen molar-refractivity contribution in [2.75, 3.05) is 0 Å². The number of hydrogen-bond acceptors (Lipinski definition) is 4. The van der Waals surface area contributed by atoms with Gasteiger partial charge in [-0.3, -0.25) is 4.98 Å². The third-order valence-electron chi connectivity index (χ3n) is 2.74. The molecule has 0 aliphatic heterocycles. The van der Waals surface area contributed by atoms with Gasteiger partial charge in [-0.1, -0.05) is 13.8 Å². The van der Waals surface area contributed by atoms with Crippen LogP contribution in [0.3, 0.4) is 0 Å². The second kappa shape index (κ2) is 5.48. The molecule has 0 unspecified atom stereocenters. The van der Waals surface area contributed by atoms with Crippen LogP contribution in [0.5, 0.6) is 0 Å². The van der Waals surface area contributed by atoms with E-state index in [9.17, 15) is 9.90 Å². The number of carboxylic acids is 1. The number of thiazole rings is 1. The van der Waals surface area contributed by atoms with Crippen LogP contribution in [0.4, 0.5) is 0 Å². The van der Waals surface area contributed by atoms with E-state index in [0.717, 1.165) is 16.1 Å². The largest absolute Gasteiger partial charge is 0.477 e. The fraction of sp³-hybridized carbons (Fsp3) is 0.357. The van der Waals surface area contributed by atoms with Crippen LogP contribution >= 0.6 is 11.3 Å². The Kier molecular flexibility index (Phi) is 3.95. The number of nitrogens with zero attached hydrogens (tertiary/aromatic N) is 2. The van der Waals surface area contributed by atoms with Gasteiger partial charge in [0.2, 0.25) is 0 Å². The van der Waals surface area contributed by atoms with Gasteiger partial charge in [0.1, 0.15) is 9.88 Å². The summed E-state index contributed by atoms with van der Waals surface area (Å²) in [6.07, 6.45) is 4.15. The maximum atomic E-state index is 11.3. The average molecular weight is 276 g/mol. The van der Waals surface area contributed by atoms with Crippen molar-refractivity contribution in [2.24, 2.45) is 5.92 Å². The van der Waals surface area contributed by atoms with Gasteiger partial charge in [0.05, 0.1) is 5.69 Å². The summed E-state index contributed by atoms with van der Waals surface area (Å²) in [5.41, 5.74) is 2.64. The fourth-order valence-electron chi connectivity index (χ4n) is 1.87. The summed E-state index contributed by atoms with van der Waals surface area (Å²) in [6.45, 7) is 6.07. The van der Waals surface area contributed by atoms with Gasteiger partial charge in [0.15, 0.2) is 0 Å². The molecular formula is C14H16N2O2S. The average Bonchev–Trinajstić information content (AvgIpc) is 2.72. The van der Waals surface area contributed by atoms with E-state index in [1.807, 2.05) is 13.0 Å². The Hall–Kier alpha value is -1.75. The molecule has 0 saturated heterocycles. The van der Waals surface area contributed by atoms with Crippen molar-refractivity contribution in [1.29, 1.82) is 0 Å². The zero-order valence-electron chi connectivity index (χ0n) is 11.2. The number of aryl methyl sites for hydroxylation is 1. The van der Waals surface area contributed by atoms with Gasteiger partial charge in [0.25, 0.3) is 0 Å². The number of carbonyl (C=O) groups is 1. The standard InChI is InChI=1S/C14H16N2O2S/c1-8(2)6-11-12(14(17)18)19-13(16-11)10-4-5-15-7-9(10)3/h4-5,7-8H,6H2,1-3H3,(H,17,18). The zero-order chi connectivity index (χ0) is 14.0. The maximum absolute atomic E-state index is 11.3. The molecule has 5 heteroatoms. The van der Waals surface area contributed by atoms with Gasteiger partial charge in [-0.05, 0) is 30.9 Å².